The molecule has 1 rings (SSSR count). The molecule has 0 bridgehead atoms. The molecule has 182 valence electrons. The first kappa shape index (κ1) is 35.4. The number of hydrogen-bond donors (Lipinski definition) is 9. The van der Waals surface area contributed by atoms with Crippen LogP contribution in [0.15, 0.2) is 5.11 Å². The van der Waals surface area contributed by atoms with Gasteiger partial charge in [-0.3, -0.25) is 19.2 Å². The number of nitrogens with zero attached hydrogens (tertiary/aromatic N) is 3. The molecular formula is C14H27N3O14. The van der Waals surface area contributed by atoms with Crippen LogP contribution < -0.4 is 0 Å². The predicted molar refractivity (Wildman–Crippen MR) is 97.3 cm³/mol. The lowest BCUT2D eigenvalue weighted by Gasteiger charge is -2.43. The monoisotopic (exact) mass is 461 g/mol. The van der Waals surface area contributed by atoms with Crippen LogP contribution in [0.1, 0.15) is 27.7 Å². The highest BCUT2D eigenvalue weighted by Crippen LogP contribution is 2.29. The van der Waals surface area contributed by atoms with Crippen molar-refractivity contribution in [3.05, 3.63) is 10.4 Å². The van der Waals surface area contributed by atoms with Crippen molar-refractivity contribution in [1.29, 1.82) is 0 Å². The van der Waals surface area contributed by atoms with E-state index in [4.69, 9.17) is 50.2 Å². The van der Waals surface area contributed by atoms with Crippen LogP contribution in [0.5, 0.6) is 0 Å². The Morgan fingerprint density at radius 2 is 1.19 bits per heavy atom. The van der Waals surface area contributed by atoms with Gasteiger partial charge in [-0.2, -0.15) is 0 Å². The Balaban J connectivity index is -0.000000187. The molecule has 1 saturated heterocycles. The van der Waals surface area contributed by atoms with E-state index in [0.29, 0.717) is 0 Å². The third-order valence-corrected chi connectivity index (χ3v) is 2.19. The van der Waals surface area contributed by atoms with Gasteiger partial charge < -0.3 is 50.7 Å². The van der Waals surface area contributed by atoms with E-state index < -0.39 is 60.8 Å². The van der Waals surface area contributed by atoms with Crippen molar-refractivity contribution in [2.75, 3.05) is 6.61 Å². The number of carbonyl (C=O) groups is 4. The summed E-state index contributed by atoms with van der Waals surface area (Å²) in [6, 6.07) is 0. The van der Waals surface area contributed by atoms with E-state index in [0.717, 1.165) is 27.7 Å². The van der Waals surface area contributed by atoms with Gasteiger partial charge in [0.25, 0.3) is 23.9 Å². The van der Waals surface area contributed by atoms with Gasteiger partial charge in [0, 0.05) is 32.6 Å². The van der Waals surface area contributed by atoms with Crippen LogP contribution >= 0.6 is 0 Å². The van der Waals surface area contributed by atoms with Gasteiger partial charge in [-0.25, -0.2) is 0 Å². The van der Waals surface area contributed by atoms with Crippen molar-refractivity contribution in [1.82, 2.24) is 0 Å². The Labute approximate surface area is 175 Å². The molecule has 0 saturated carbocycles. The fraction of sp³-hybridized carbons (Fsp3) is 0.714. The fourth-order valence-electron chi connectivity index (χ4n) is 1.28. The minimum Gasteiger partial charge on any atom is -0.481 e. The Morgan fingerprint density at radius 3 is 1.42 bits per heavy atom. The molecule has 0 radical (unpaired) electrons. The minimum atomic E-state index is -2.67. The van der Waals surface area contributed by atoms with E-state index in [9.17, 15) is 20.4 Å². The maximum absolute atomic E-state index is 9.50. The standard InChI is InChI=1S/C6H11N3O6.4C2H4O2/c7-9-8-6(14)4(12)3(11)2(1-10)15-5(6)13;4*1-2(3)4/h2-5,10-14H,1H2;4*1H3,(H,3,4)/t2-,3+,4+,5?,6-;;;;/m1..../s1. The average Bonchev–Trinajstić information content (AvgIpc) is 2.55. The van der Waals surface area contributed by atoms with Crippen molar-refractivity contribution < 1.29 is 69.9 Å². The molecule has 17 heteroatoms. The largest absolute Gasteiger partial charge is 0.481 e. The van der Waals surface area contributed by atoms with Gasteiger partial charge in [-0.05, 0) is 5.53 Å². The van der Waals surface area contributed by atoms with E-state index in [2.05, 4.69) is 14.8 Å². The van der Waals surface area contributed by atoms with Crippen molar-refractivity contribution in [3.63, 3.8) is 0 Å². The number of rotatable bonds is 2. The third kappa shape index (κ3) is 23.1. The second-order valence-electron chi connectivity index (χ2n) is 5.19. The van der Waals surface area contributed by atoms with Gasteiger partial charge in [-0.1, -0.05) is 5.11 Å². The number of ether oxygens (including phenoxy) is 1. The van der Waals surface area contributed by atoms with Gasteiger partial charge in [0.1, 0.15) is 18.3 Å². The summed E-state index contributed by atoms with van der Waals surface area (Å²) in [5.74, 6) is -3.33. The molecule has 1 heterocycles. The third-order valence-electron chi connectivity index (χ3n) is 2.19. The lowest BCUT2D eigenvalue weighted by molar-refractivity contribution is -0.327. The van der Waals surface area contributed by atoms with E-state index >= 15 is 0 Å². The van der Waals surface area contributed by atoms with Crippen LogP contribution in [0.4, 0.5) is 0 Å². The Bertz CT molecular complexity index is 545. The highest BCUT2D eigenvalue weighted by atomic mass is 16.6. The minimum absolute atomic E-state index is 0.665. The van der Waals surface area contributed by atoms with Crippen LogP contribution in [-0.2, 0) is 23.9 Å². The topological polar surface area (TPSA) is 308 Å². The number of azide groups is 1. The molecular weight excluding hydrogens is 434 g/mol. The van der Waals surface area contributed by atoms with E-state index in [1.807, 2.05) is 0 Å². The summed E-state index contributed by atoms with van der Waals surface area (Å²) in [7, 11) is 0. The van der Waals surface area contributed by atoms with Gasteiger partial charge in [0.05, 0.1) is 6.61 Å². The summed E-state index contributed by atoms with van der Waals surface area (Å²) in [4.78, 5) is 38.2. The summed E-state index contributed by atoms with van der Waals surface area (Å²) in [5.41, 5.74) is 5.45. The molecule has 0 aromatic heterocycles. The molecule has 1 fully saturated rings. The summed E-state index contributed by atoms with van der Waals surface area (Å²) in [5, 5.41) is 78.6. The second kappa shape index (κ2) is 18.9. The molecule has 0 aromatic rings. The van der Waals surface area contributed by atoms with Crippen molar-refractivity contribution in [3.8, 4) is 0 Å². The van der Waals surface area contributed by atoms with Crippen molar-refractivity contribution in [2.24, 2.45) is 5.11 Å². The van der Waals surface area contributed by atoms with Gasteiger partial charge in [-0.15, -0.1) is 0 Å². The van der Waals surface area contributed by atoms with Crippen LogP contribution in [0.2, 0.25) is 0 Å². The zero-order valence-electron chi connectivity index (χ0n) is 16.9. The van der Waals surface area contributed by atoms with Crippen LogP contribution in [-0.4, -0.2) is 107 Å². The average molecular weight is 461 g/mol. The van der Waals surface area contributed by atoms with E-state index in [1.54, 1.807) is 0 Å². The maximum atomic E-state index is 9.50. The SMILES string of the molecule is CC(=O)O.CC(=O)O.CC(=O)O.CC(=O)O.[N-]=[N+]=N[C@]1(O)C(O)O[C@H](CO)[C@H](O)[C@@H]1O. The highest BCUT2D eigenvalue weighted by Gasteiger charge is 2.54. The molecule has 0 aliphatic carbocycles. The lowest BCUT2D eigenvalue weighted by atomic mass is 9.94. The first-order valence-corrected chi connectivity index (χ1v) is 7.77. The zero-order valence-corrected chi connectivity index (χ0v) is 16.9. The number of aliphatic hydroxyl groups excluding tert-OH is 4. The smallest absolute Gasteiger partial charge is 0.300 e. The molecule has 0 spiro atoms. The van der Waals surface area contributed by atoms with Crippen LogP contribution in [0.25, 0.3) is 10.4 Å². The molecule has 5 atom stereocenters. The van der Waals surface area contributed by atoms with Gasteiger partial charge >= 0.3 is 0 Å². The first-order valence-electron chi connectivity index (χ1n) is 7.77. The van der Waals surface area contributed by atoms with E-state index in [-0.39, 0.29) is 0 Å². The number of carboxylic acids is 4. The number of aliphatic carboxylic acids is 4. The Kier molecular flexibility index (Phi) is 21.6. The summed E-state index contributed by atoms with van der Waals surface area (Å²) < 4.78 is 4.57. The van der Waals surface area contributed by atoms with E-state index in [1.165, 1.54) is 0 Å². The molecule has 0 aromatic carbocycles. The number of hydrogen-bond acceptors (Lipinski definition) is 11. The Hall–Kier alpha value is -3.05. The number of aliphatic hydroxyl groups is 5. The second-order valence-corrected chi connectivity index (χ2v) is 5.19. The van der Waals surface area contributed by atoms with Crippen LogP contribution in [0, 0.1) is 0 Å². The molecule has 9 N–H and O–H groups in total. The summed E-state index contributed by atoms with van der Waals surface area (Å²) in [6.45, 7) is 3.67. The highest BCUT2D eigenvalue weighted by molar-refractivity contribution is 5.63. The van der Waals surface area contributed by atoms with Gasteiger partial charge in [0.2, 0.25) is 5.72 Å². The predicted octanol–water partition coefficient (Wildman–Crippen LogP) is -2.22. The quantitative estimate of drug-likeness (QED) is 0.119. The zero-order chi connectivity index (χ0) is 25.9. The van der Waals surface area contributed by atoms with Crippen molar-refractivity contribution in [2.45, 2.75) is 58.0 Å². The maximum Gasteiger partial charge on any atom is 0.300 e. The fourth-order valence-corrected chi connectivity index (χ4v) is 1.28. The molecule has 1 aliphatic rings. The van der Waals surface area contributed by atoms with Crippen molar-refractivity contribution >= 4 is 23.9 Å². The molecule has 0 amide bonds. The normalized spacial score (nSPS) is 25.5. The molecule has 17 nitrogen and oxygen atoms in total. The molecule has 1 unspecified atom stereocenters. The van der Waals surface area contributed by atoms with Crippen LogP contribution in [0.3, 0.4) is 0 Å². The summed E-state index contributed by atoms with van der Waals surface area (Å²) >= 11 is 0. The summed E-state index contributed by atoms with van der Waals surface area (Å²) in [6.07, 6.45) is -6.91. The molecule has 1 aliphatic heterocycles. The molecule has 31 heavy (non-hydrogen) atoms. The first-order chi connectivity index (χ1) is 13.9. The lowest BCUT2D eigenvalue weighted by Crippen LogP contribution is -2.65. The number of carboxylic acid groups (broad SMARTS) is 4. The van der Waals surface area contributed by atoms with Gasteiger partial charge in [0.15, 0.2) is 6.29 Å². The Morgan fingerprint density at radius 1 is 0.903 bits per heavy atom.